The predicted molar refractivity (Wildman–Crippen MR) is 113 cm³/mol. The Balaban J connectivity index is 1.95. The minimum absolute atomic E-state index is 1.11. The first-order valence-corrected chi connectivity index (χ1v) is 11.0. The van der Waals surface area contributed by atoms with Gasteiger partial charge in [0.25, 0.3) is 0 Å². The van der Waals surface area contributed by atoms with Crippen molar-refractivity contribution in [2.45, 2.75) is 13.8 Å². The lowest BCUT2D eigenvalue weighted by Gasteiger charge is -2.22. The molecule has 3 aromatic carbocycles. The van der Waals surface area contributed by atoms with Crippen LogP contribution in [0.1, 0.15) is 16.7 Å². The van der Waals surface area contributed by atoms with Gasteiger partial charge in [0.1, 0.15) is 6.19 Å². The molecule has 0 aliphatic rings. The van der Waals surface area contributed by atoms with E-state index in [1.807, 2.05) is 42.6 Å². The maximum absolute atomic E-state index is 6.10. The highest BCUT2D eigenvalue weighted by molar-refractivity contribution is 8.20. The summed E-state index contributed by atoms with van der Waals surface area (Å²) < 4.78 is 0. The first-order valence-electron chi connectivity index (χ1n) is 8.18. The zero-order chi connectivity index (χ0) is 17.7. The zero-order valence-corrected chi connectivity index (χ0v) is 16.1. The van der Waals surface area contributed by atoms with Gasteiger partial charge in [0, 0.05) is 10.6 Å². The van der Waals surface area contributed by atoms with Gasteiger partial charge in [-0.15, -0.1) is 0 Å². The van der Waals surface area contributed by atoms with E-state index in [9.17, 15) is 0 Å². The summed E-state index contributed by atoms with van der Waals surface area (Å²) in [7, 11) is 0. The van der Waals surface area contributed by atoms with E-state index in [0.717, 1.165) is 16.2 Å². The maximum atomic E-state index is 6.10. The Morgan fingerprint density at radius 3 is 1.96 bits per heavy atom. The van der Waals surface area contributed by atoms with Crippen molar-refractivity contribution >= 4 is 34.8 Å². The number of benzene rings is 3. The van der Waals surface area contributed by atoms with Crippen LogP contribution in [0, 0.1) is 13.8 Å². The van der Waals surface area contributed by atoms with Crippen LogP contribution in [0.5, 0.6) is 0 Å². The van der Waals surface area contributed by atoms with Crippen LogP contribution in [0.15, 0.2) is 84.0 Å². The van der Waals surface area contributed by atoms with Crippen molar-refractivity contribution in [3.05, 3.63) is 95.6 Å². The zero-order valence-electron chi connectivity index (χ0n) is 14.4. The molecule has 1 N–H and O–H groups in total. The SMILES string of the molecule is Cc1ccc(C)c(/C=N/NP(=S)(c2ccccc2)c2ccccc2)c1. The van der Waals surface area contributed by atoms with Gasteiger partial charge in [0.05, 0.1) is 6.21 Å². The summed E-state index contributed by atoms with van der Waals surface area (Å²) in [6, 6.07) is 26.8. The highest BCUT2D eigenvalue weighted by Gasteiger charge is 2.21. The van der Waals surface area contributed by atoms with E-state index in [-0.39, 0.29) is 0 Å². The second-order valence-electron chi connectivity index (χ2n) is 6.00. The molecule has 0 saturated carbocycles. The van der Waals surface area contributed by atoms with Crippen LogP contribution in [0.25, 0.3) is 0 Å². The molecule has 126 valence electrons. The van der Waals surface area contributed by atoms with Gasteiger partial charge >= 0.3 is 0 Å². The molecule has 2 nitrogen and oxygen atoms in total. The summed E-state index contributed by atoms with van der Waals surface area (Å²) in [6.07, 6.45) is -0.332. The number of hydrogen-bond donors (Lipinski definition) is 1. The standard InChI is InChI=1S/C21H21N2PS/c1-17-13-14-18(2)19(15-17)16-22-23-24(25,20-9-5-3-6-10-20)21-11-7-4-8-12-21/h3-16H,1-2H3,(H,23,25)/b22-16+. The second-order valence-corrected chi connectivity index (χ2v) is 10.1. The molecule has 0 unspecified atom stereocenters. The van der Waals surface area contributed by atoms with Crippen molar-refractivity contribution in [3.63, 3.8) is 0 Å². The smallest absolute Gasteiger partial charge is 0.106 e. The van der Waals surface area contributed by atoms with Gasteiger partial charge in [-0.3, -0.25) is 5.20 Å². The predicted octanol–water partition coefficient (Wildman–Crippen LogP) is 4.27. The largest absolute Gasteiger partial charge is 0.272 e. The third-order valence-corrected chi connectivity index (χ3v) is 8.03. The monoisotopic (exact) mass is 364 g/mol. The molecular weight excluding hydrogens is 343 g/mol. The molecule has 4 heteroatoms. The summed E-state index contributed by atoms with van der Waals surface area (Å²) >= 11 is 6.10. The van der Waals surface area contributed by atoms with Crippen LogP contribution in [0.2, 0.25) is 0 Å². The van der Waals surface area contributed by atoms with Crippen molar-refractivity contribution in [1.82, 2.24) is 5.20 Å². The summed E-state index contributed by atoms with van der Waals surface area (Å²) in [5.74, 6) is 0. The lowest BCUT2D eigenvalue weighted by molar-refractivity contribution is 1.11. The molecule has 3 rings (SSSR count). The van der Waals surface area contributed by atoms with Crippen LogP contribution >= 0.6 is 6.19 Å². The normalized spacial score (nSPS) is 11.6. The Morgan fingerprint density at radius 1 is 0.840 bits per heavy atom. The highest BCUT2D eigenvalue weighted by Crippen LogP contribution is 2.38. The van der Waals surface area contributed by atoms with Gasteiger partial charge in [0.15, 0.2) is 0 Å². The van der Waals surface area contributed by atoms with Crippen molar-refractivity contribution < 1.29 is 0 Å². The summed E-state index contributed by atoms with van der Waals surface area (Å²) in [5, 5.41) is 10.1. The highest BCUT2D eigenvalue weighted by atomic mass is 32.4. The summed E-state index contributed by atoms with van der Waals surface area (Å²) in [4.78, 5) is 0. The van der Waals surface area contributed by atoms with Crippen LogP contribution < -0.4 is 15.8 Å². The molecule has 0 saturated heterocycles. The second kappa shape index (κ2) is 7.77. The Hall–Kier alpha value is -2.22. The number of nitrogens with zero attached hydrogens (tertiary/aromatic N) is 1. The average molecular weight is 364 g/mol. The van der Waals surface area contributed by atoms with Crippen molar-refractivity contribution in [2.75, 3.05) is 0 Å². The van der Waals surface area contributed by atoms with Crippen molar-refractivity contribution in [2.24, 2.45) is 5.10 Å². The molecular formula is C21H21N2PS. The summed E-state index contributed by atoms with van der Waals surface area (Å²) in [6.45, 7) is 4.17. The molecule has 25 heavy (non-hydrogen) atoms. The first-order chi connectivity index (χ1) is 12.1. The van der Waals surface area contributed by atoms with Crippen molar-refractivity contribution in [3.8, 4) is 0 Å². The van der Waals surface area contributed by atoms with Crippen LogP contribution in [0.3, 0.4) is 0 Å². The fourth-order valence-corrected chi connectivity index (χ4v) is 5.42. The van der Waals surface area contributed by atoms with Crippen LogP contribution in [-0.2, 0) is 11.8 Å². The average Bonchev–Trinajstić information content (AvgIpc) is 2.66. The number of hydrazone groups is 1. The van der Waals surface area contributed by atoms with Crippen LogP contribution in [-0.4, -0.2) is 6.21 Å². The molecule has 0 radical (unpaired) electrons. The number of nitrogens with one attached hydrogen (secondary N) is 1. The third kappa shape index (κ3) is 4.07. The Bertz CT molecular complexity index is 878. The Kier molecular flexibility index (Phi) is 5.47. The molecule has 3 aromatic rings. The van der Waals surface area contributed by atoms with E-state index >= 15 is 0 Å². The third-order valence-electron chi connectivity index (χ3n) is 4.08. The van der Waals surface area contributed by atoms with Crippen molar-refractivity contribution in [1.29, 1.82) is 0 Å². The van der Waals surface area contributed by atoms with Gasteiger partial charge in [0.2, 0.25) is 0 Å². The number of rotatable bonds is 5. The topological polar surface area (TPSA) is 24.4 Å². The van der Waals surface area contributed by atoms with Gasteiger partial charge in [-0.2, -0.15) is 5.10 Å². The van der Waals surface area contributed by atoms with Gasteiger partial charge in [-0.05, 0) is 25.0 Å². The number of aryl methyl sites for hydroxylation is 2. The molecule has 0 aromatic heterocycles. The van der Waals surface area contributed by atoms with Gasteiger partial charge in [-0.25, -0.2) is 0 Å². The molecule has 0 heterocycles. The lowest BCUT2D eigenvalue weighted by Crippen LogP contribution is -2.24. The molecule has 0 aliphatic heterocycles. The van der Waals surface area contributed by atoms with E-state index in [4.69, 9.17) is 11.8 Å². The molecule has 0 amide bonds. The summed E-state index contributed by atoms with van der Waals surface area (Å²) in [5.41, 5.74) is 3.52. The van der Waals surface area contributed by atoms with Gasteiger partial charge in [-0.1, -0.05) is 96.2 Å². The van der Waals surface area contributed by atoms with E-state index in [0.29, 0.717) is 0 Å². The van der Waals surface area contributed by atoms with E-state index in [1.54, 1.807) is 0 Å². The van der Waals surface area contributed by atoms with E-state index in [2.05, 4.69) is 66.6 Å². The van der Waals surface area contributed by atoms with E-state index < -0.39 is 6.19 Å². The Labute approximate surface area is 154 Å². The minimum Gasteiger partial charge on any atom is -0.272 e. The van der Waals surface area contributed by atoms with E-state index in [1.165, 1.54) is 11.1 Å². The lowest BCUT2D eigenvalue weighted by atomic mass is 10.1. The maximum Gasteiger partial charge on any atom is 0.106 e. The minimum atomic E-state index is -2.20. The number of hydrogen-bond acceptors (Lipinski definition) is 2. The Morgan fingerprint density at radius 2 is 1.40 bits per heavy atom. The first kappa shape index (κ1) is 17.6. The molecule has 0 aliphatic carbocycles. The fraction of sp³-hybridized carbons (Fsp3) is 0.0952. The quantitative estimate of drug-likeness (QED) is 0.415. The molecule has 0 bridgehead atoms. The van der Waals surface area contributed by atoms with Crippen LogP contribution in [0.4, 0.5) is 0 Å². The molecule has 0 atom stereocenters. The van der Waals surface area contributed by atoms with Gasteiger partial charge < -0.3 is 0 Å². The fourth-order valence-electron chi connectivity index (χ4n) is 2.62. The molecule has 0 spiro atoms. The molecule has 0 fully saturated rings.